The van der Waals surface area contributed by atoms with Crippen LogP contribution in [-0.2, 0) is 0 Å². The number of aromatic amines is 1. The minimum Gasteiger partial charge on any atom is -0.285 e. The fourth-order valence-electron chi connectivity index (χ4n) is 1.15. The molecule has 14 heavy (non-hydrogen) atoms. The number of hydrogen-bond donors (Lipinski definition) is 1. The topological polar surface area (TPSA) is 28.7 Å². The second kappa shape index (κ2) is 5.22. The van der Waals surface area contributed by atoms with Crippen LogP contribution in [0.3, 0.4) is 0 Å². The number of hydrogen-bond acceptors (Lipinski definition) is 1. The summed E-state index contributed by atoms with van der Waals surface area (Å²) in [6, 6.07) is 8.39. The molecule has 1 aromatic carbocycles. The summed E-state index contributed by atoms with van der Waals surface area (Å²) < 4.78 is 0. The lowest BCUT2D eigenvalue weighted by atomic mass is 10.1. The third-order valence-corrected chi connectivity index (χ3v) is 1.88. The van der Waals surface area contributed by atoms with Crippen LogP contribution in [0.4, 0.5) is 0 Å². The summed E-state index contributed by atoms with van der Waals surface area (Å²) >= 11 is 0. The van der Waals surface area contributed by atoms with E-state index in [0.29, 0.717) is 0 Å². The van der Waals surface area contributed by atoms with Crippen LogP contribution in [0.15, 0.2) is 36.7 Å². The molecule has 0 unspecified atom stereocenters. The van der Waals surface area contributed by atoms with E-state index in [1.54, 1.807) is 0 Å². The van der Waals surface area contributed by atoms with Crippen molar-refractivity contribution in [1.29, 1.82) is 0 Å². The highest BCUT2D eigenvalue weighted by Gasteiger charge is 1.95. The highest BCUT2D eigenvalue weighted by atomic mass is 15.1. The van der Waals surface area contributed by atoms with E-state index in [2.05, 4.69) is 41.4 Å². The molecule has 1 N–H and O–H groups in total. The molecule has 0 radical (unpaired) electrons. The zero-order valence-corrected chi connectivity index (χ0v) is 8.91. The quantitative estimate of drug-likeness (QED) is 0.730. The van der Waals surface area contributed by atoms with Crippen molar-refractivity contribution in [2.24, 2.45) is 0 Å². The lowest BCUT2D eigenvalue weighted by Crippen LogP contribution is -1.74. The number of nitrogens with zero attached hydrogens (tertiary/aromatic N) is 1. The molecule has 0 aliphatic rings. The lowest BCUT2D eigenvalue weighted by molar-refractivity contribution is 1.09. The van der Waals surface area contributed by atoms with Crippen molar-refractivity contribution in [3.8, 4) is 11.1 Å². The van der Waals surface area contributed by atoms with Crippen molar-refractivity contribution in [2.45, 2.75) is 20.8 Å². The summed E-state index contributed by atoms with van der Waals surface area (Å²) in [6.45, 7) is 6.08. The molecule has 2 nitrogen and oxygen atoms in total. The molecule has 0 spiro atoms. The summed E-state index contributed by atoms with van der Waals surface area (Å²) in [5.41, 5.74) is 3.62. The number of nitrogens with one attached hydrogen (secondary N) is 1. The van der Waals surface area contributed by atoms with E-state index >= 15 is 0 Å². The summed E-state index contributed by atoms with van der Waals surface area (Å²) in [7, 11) is 0. The van der Waals surface area contributed by atoms with E-state index in [4.69, 9.17) is 0 Å². The molecule has 0 atom stereocenters. The standard InChI is InChI=1S/C10H10N2.C2H6/c1-8-2-4-9(5-3-8)10-6-11-12-7-10;1-2/h2-7H,1H3,(H,11,12);1-2H3. The Morgan fingerprint density at radius 3 is 2.14 bits per heavy atom. The molecule has 1 heterocycles. The molecule has 0 amide bonds. The lowest BCUT2D eigenvalue weighted by Gasteiger charge is -1.96. The van der Waals surface area contributed by atoms with Gasteiger partial charge in [0, 0.05) is 11.8 Å². The number of aromatic nitrogens is 2. The molecule has 0 saturated carbocycles. The predicted molar refractivity (Wildman–Crippen MR) is 60.1 cm³/mol. The van der Waals surface area contributed by atoms with Gasteiger partial charge in [0.05, 0.1) is 6.20 Å². The maximum atomic E-state index is 3.90. The van der Waals surface area contributed by atoms with Gasteiger partial charge in [0.15, 0.2) is 0 Å². The average molecular weight is 188 g/mol. The van der Waals surface area contributed by atoms with Gasteiger partial charge in [0.2, 0.25) is 0 Å². The first-order valence-electron chi connectivity index (χ1n) is 4.92. The third-order valence-electron chi connectivity index (χ3n) is 1.88. The van der Waals surface area contributed by atoms with Gasteiger partial charge in [-0.15, -0.1) is 0 Å². The molecule has 0 aliphatic carbocycles. The number of H-pyrrole nitrogens is 1. The molecule has 0 fully saturated rings. The van der Waals surface area contributed by atoms with Crippen molar-refractivity contribution >= 4 is 0 Å². The molecule has 74 valence electrons. The van der Waals surface area contributed by atoms with E-state index in [9.17, 15) is 0 Å². The average Bonchev–Trinajstić information content (AvgIpc) is 2.75. The third kappa shape index (κ3) is 2.46. The first kappa shape index (κ1) is 10.5. The smallest absolute Gasteiger partial charge is 0.0565 e. The van der Waals surface area contributed by atoms with Crippen LogP contribution in [0.5, 0.6) is 0 Å². The molecule has 2 rings (SSSR count). The van der Waals surface area contributed by atoms with Crippen LogP contribution < -0.4 is 0 Å². The van der Waals surface area contributed by atoms with Crippen LogP contribution in [0.2, 0.25) is 0 Å². The van der Waals surface area contributed by atoms with Gasteiger partial charge in [0.25, 0.3) is 0 Å². The molecule has 0 bridgehead atoms. The van der Waals surface area contributed by atoms with Gasteiger partial charge in [-0.2, -0.15) is 5.10 Å². The Kier molecular flexibility index (Phi) is 3.92. The van der Waals surface area contributed by atoms with E-state index in [1.165, 1.54) is 11.1 Å². The van der Waals surface area contributed by atoms with E-state index in [0.717, 1.165) is 5.56 Å². The van der Waals surface area contributed by atoms with Crippen molar-refractivity contribution in [3.63, 3.8) is 0 Å². The van der Waals surface area contributed by atoms with Crippen LogP contribution in [0, 0.1) is 6.92 Å². The van der Waals surface area contributed by atoms with Crippen molar-refractivity contribution in [1.82, 2.24) is 10.2 Å². The largest absolute Gasteiger partial charge is 0.285 e. The second-order valence-electron chi connectivity index (χ2n) is 2.85. The molecule has 0 saturated heterocycles. The van der Waals surface area contributed by atoms with E-state index in [1.807, 2.05) is 26.2 Å². The highest BCUT2D eigenvalue weighted by Crippen LogP contribution is 2.17. The van der Waals surface area contributed by atoms with E-state index in [-0.39, 0.29) is 0 Å². The summed E-state index contributed by atoms with van der Waals surface area (Å²) in [6.07, 6.45) is 3.72. The Balaban J connectivity index is 0.000000461. The zero-order chi connectivity index (χ0) is 10.4. The maximum absolute atomic E-state index is 3.90. The Bertz CT molecular complexity index is 346. The van der Waals surface area contributed by atoms with Gasteiger partial charge < -0.3 is 0 Å². The summed E-state index contributed by atoms with van der Waals surface area (Å²) in [4.78, 5) is 0. The Morgan fingerprint density at radius 2 is 1.64 bits per heavy atom. The van der Waals surface area contributed by atoms with Gasteiger partial charge in [-0.3, -0.25) is 5.10 Å². The number of aryl methyl sites for hydroxylation is 1. The summed E-state index contributed by atoms with van der Waals surface area (Å²) in [5.74, 6) is 0. The van der Waals surface area contributed by atoms with E-state index < -0.39 is 0 Å². The van der Waals surface area contributed by atoms with Crippen LogP contribution in [-0.4, -0.2) is 10.2 Å². The summed E-state index contributed by atoms with van der Waals surface area (Å²) in [5, 5.41) is 6.69. The minimum absolute atomic E-state index is 1.13. The maximum Gasteiger partial charge on any atom is 0.0565 e. The van der Waals surface area contributed by atoms with Gasteiger partial charge >= 0.3 is 0 Å². The SMILES string of the molecule is CC.Cc1ccc(-c2cn[nH]c2)cc1. The fraction of sp³-hybridized carbons (Fsp3) is 0.250. The van der Waals surface area contributed by atoms with Gasteiger partial charge in [-0.05, 0) is 12.5 Å². The minimum atomic E-state index is 1.13. The van der Waals surface area contributed by atoms with Crippen LogP contribution in [0.1, 0.15) is 19.4 Å². The second-order valence-corrected chi connectivity index (χ2v) is 2.85. The molecular weight excluding hydrogens is 172 g/mol. The Hall–Kier alpha value is -1.57. The number of benzene rings is 1. The monoisotopic (exact) mass is 188 g/mol. The normalized spacial score (nSPS) is 9.07. The molecule has 0 aliphatic heterocycles. The van der Waals surface area contributed by atoms with Crippen molar-refractivity contribution in [3.05, 3.63) is 42.2 Å². The molecular formula is C12H16N2. The predicted octanol–water partition coefficient (Wildman–Crippen LogP) is 3.41. The van der Waals surface area contributed by atoms with Gasteiger partial charge in [-0.25, -0.2) is 0 Å². The molecule has 1 aromatic heterocycles. The van der Waals surface area contributed by atoms with Crippen LogP contribution >= 0.6 is 0 Å². The fourth-order valence-corrected chi connectivity index (χ4v) is 1.15. The van der Waals surface area contributed by atoms with Crippen molar-refractivity contribution < 1.29 is 0 Å². The Morgan fingerprint density at radius 1 is 1.00 bits per heavy atom. The molecule has 2 aromatic rings. The van der Waals surface area contributed by atoms with Crippen LogP contribution in [0.25, 0.3) is 11.1 Å². The first-order valence-corrected chi connectivity index (χ1v) is 4.92. The van der Waals surface area contributed by atoms with Crippen molar-refractivity contribution in [2.75, 3.05) is 0 Å². The molecule has 2 heteroatoms. The highest BCUT2D eigenvalue weighted by molar-refractivity contribution is 5.61. The van der Waals surface area contributed by atoms with Gasteiger partial charge in [0.1, 0.15) is 0 Å². The van der Waals surface area contributed by atoms with Gasteiger partial charge in [-0.1, -0.05) is 43.7 Å². The zero-order valence-electron chi connectivity index (χ0n) is 8.91. The first-order chi connectivity index (χ1) is 6.86. The Labute approximate surface area is 85.0 Å². The number of rotatable bonds is 1.